The Hall–Kier alpha value is -1.80. The lowest BCUT2D eigenvalue weighted by Crippen LogP contribution is -2.50. The van der Waals surface area contributed by atoms with E-state index in [1.54, 1.807) is 30.0 Å². The fraction of sp³-hybridized carbons (Fsp3) is 0.533. The van der Waals surface area contributed by atoms with Gasteiger partial charge in [-0.05, 0) is 25.1 Å². The normalized spacial score (nSPS) is 18.7. The first-order chi connectivity index (χ1) is 11.0. The highest BCUT2D eigenvalue weighted by Gasteiger charge is 2.28. The van der Waals surface area contributed by atoms with Crippen LogP contribution < -0.4 is 9.47 Å². The summed E-state index contributed by atoms with van der Waals surface area (Å²) in [6.45, 7) is 4.08. The van der Waals surface area contributed by atoms with Crippen LogP contribution in [0.1, 0.15) is 17.3 Å². The van der Waals surface area contributed by atoms with Gasteiger partial charge < -0.3 is 14.4 Å². The Morgan fingerprint density at radius 3 is 2.39 bits per heavy atom. The molecule has 1 amide bonds. The highest BCUT2D eigenvalue weighted by molar-refractivity contribution is 7.89. The van der Waals surface area contributed by atoms with Gasteiger partial charge in [-0.2, -0.15) is 4.31 Å². The molecule has 0 saturated carbocycles. The van der Waals surface area contributed by atoms with Crippen LogP contribution in [-0.4, -0.2) is 68.7 Å². The number of hydrogen-bond acceptors (Lipinski definition) is 5. The number of ether oxygens (including phenoxy) is 2. The number of sulfonamides is 1. The summed E-state index contributed by atoms with van der Waals surface area (Å²) in [7, 11) is -3.19. The minimum Gasteiger partial charge on any atom is -0.486 e. The largest absolute Gasteiger partial charge is 0.486 e. The fourth-order valence-electron chi connectivity index (χ4n) is 2.71. The Kier molecular flexibility index (Phi) is 4.45. The van der Waals surface area contributed by atoms with Crippen molar-refractivity contribution >= 4 is 15.9 Å². The molecule has 1 aromatic carbocycles. The molecule has 0 radical (unpaired) electrons. The molecular formula is C15H20N2O5S. The molecule has 2 aliphatic heterocycles. The van der Waals surface area contributed by atoms with Gasteiger partial charge >= 0.3 is 0 Å². The maximum Gasteiger partial charge on any atom is 0.254 e. The van der Waals surface area contributed by atoms with Crippen LogP contribution in [-0.2, 0) is 10.0 Å². The molecule has 2 heterocycles. The summed E-state index contributed by atoms with van der Waals surface area (Å²) >= 11 is 0. The summed E-state index contributed by atoms with van der Waals surface area (Å²) in [5.74, 6) is 1.19. The zero-order valence-electron chi connectivity index (χ0n) is 13.0. The molecular weight excluding hydrogens is 320 g/mol. The highest BCUT2D eigenvalue weighted by Crippen LogP contribution is 2.31. The van der Waals surface area contributed by atoms with Gasteiger partial charge in [0.05, 0.1) is 5.75 Å². The SMILES string of the molecule is CCS(=O)(=O)N1CCN(C(=O)c2ccc3c(c2)OCCO3)CC1. The predicted octanol–water partition coefficient (Wildman–Crippen LogP) is 0.565. The van der Waals surface area contributed by atoms with Crippen LogP contribution >= 0.6 is 0 Å². The standard InChI is InChI=1S/C15H20N2O5S/c1-2-23(19,20)17-7-5-16(6-8-17)15(18)12-3-4-13-14(11-12)22-10-9-21-13/h3-4,11H,2,5-10H2,1H3. The van der Waals surface area contributed by atoms with Crippen LogP contribution in [0.4, 0.5) is 0 Å². The van der Waals surface area contributed by atoms with Crippen molar-refractivity contribution in [3.63, 3.8) is 0 Å². The summed E-state index contributed by atoms with van der Waals surface area (Å²) in [5.41, 5.74) is 0.529. The average molecular weight is 340 g/mol. The van der Waals surface area contributed by atoms with E-state index in [2.05, 4.69) is 0 Å². The van der Waals surface area contributed by atoms with Gasteiger partial charge in [-0.15, -0.1) is 0 Å². The molecule has 126 valence electrons. The molecule has 2 aliphatic rings. The molecule has 1 aromatic rings. The van der Waals surface area contributed by atoms with E-state index in [0.29, 0.717) is 56.5 Å². The zero-order valence-corrected chi connectivity index (χ0v) is 13.8. The lowest BCUT2D eigenvalue weighted by atomic mass is 10.1. The summed E-state index contributed by atoms with van der Waals surface area (Å²) in [6, 6.07) is 5.14. The molecule has 0 spiro atoms. The number of piperazine rings is 1. The number of amides is 1. The Labute approximate surface area is 135 Å². The molecule has 0 unspecified atom stereocenters. The van der Waals surface area contributed by atoms with Gasteiger partial charge in [0.15, 0.2) is 11.5 Å². The summed E-state index contributed by atoms with van der Waals surface area (Å²) < 4.78 is 36.1. The van der Waals surface area contributed by atoms with Crippen molar-refractivity contribution in [2.45, 2.75) is 6.92 Å². The first-order valence-corrected chi connectivity index (χ1v) is 9.29. The van der Waals surface area contributed by atoms with Gasteiger partial charge in [0.25, 0.3) is 5.91 Å². The minimum absolute atomic E-state index is 0.0864. The van der Waals surface area contributed by atoms with Crippen LogP contribution in [0.2, 0.25) is 0 Å². The molecule has 1 saturated heterocycles. The lowest BCUT2D eigenvalue weighted by Gasteiger charge is -2.34. The quantitative estimate of drug-likeness (QED) is 0.804. The van der Waals surface area contributed by atoms with Crippen molar-refractivity contribution in [3.8, 4) is 11.5 Å². The van der Waals surface area contributed by atoms with Gasteiger partial charge in [-0.1, -0.05) is 0 Å². The molecule has 0 bridgehead atoms. The number of fused-ring (bicyclic) bond motifs is 1. The molecule has 0 N–H and O–H groups in total. The summed E-state index contributed by atoms with van der Waals surface area (Å²) in [4.78, 5) is 14.2. The van der Waals surface area contributed by atoms with Crippen LogP contribution in [0.25, 0.3) is 0 Å². The number of hydrogen-bond donors (Lipinski definition) is 0. The van der Waals surface area contributed by atoms with Crippen LogP contribution in [0.3, 0.4) is 0 Å². The van der Waals surface area contributed by atoms with Crippen molar-refractivity contribution in [1.29, 1.82) is 0 Å². The fourth-order valence-corrected chi connectivity index (χ4v) is 3.80. The minimum atomic E-state index is -3.19. The summed E-state index contributed by atoms with van der Waals surface area (Å²) in [6.07, 6.45) is 0. The smallest absolute Gasteiger partial charge is 0.254 e. The maximum absolute atomic E-state index is 12.6. The van der Waals surface area contributed by atoms with Crippen molar-refractivity contribution in [1.82, 2.24) is 9.21 Å². The van der Waals surface area contributed by atoms with Crippen molar-refractivity contribution in [2.75, 3.05) is 45.1 Å². The lowest BCUT2D eigenvalue weighted by molar-refractivity contribution is 0.0697. The third kappa shape index (κ3) is 3.28. The molecule has 0 atom stereocenters. The second-order valence-corrected chi connectivity index (χ2v) is 7.71. The van der Waals surface area contributed by atoms with E-state index in [1.807, 2.05) is 0 Å². The molecule has 3 rings (SSSR count). The maximum atomic E-state index is 12.6. The number of rotatable bonds is 3. The molecule has 0 aromatic heterocycles. The molecule has 0 aliphatic carbocycles. The van der Waals surface area contributed by atoms with E-state index in [-0.39, 0.29) is 11.7 Å². The van der Waals surface area contributed by atoms with Gasteiger partial charge in [-0.3, -0.25) is 4.79 Å². The molecule has 8 heteroatoms. The topological polar surface area (TPSA) is 76.2 Å². The third-order valence-corrected chi connectivity index (χ3v) is 5.95. The van der Waals surface area contributed by atoms with Crippen LogP contribution in [0.5, 0.6) is 11.5 Å². The number of carbonyl (C=O) groups is 1. The van der Waals surface area contributed by atoms with Crippen molar-refractivity contribution in [3.05, 3.63) is 23.8 Å². The monoisotopic (exact) mass is 340 g/mol. The first kappa shape index (κ1) is 16.1. The molecule has 7 nitrogen and oxygen atoms in total. The summed E-state index contributed by atoms with van der Waals surface area (Å²) in [5, 5.41) is 0. The van der Waals surface area contributed by atoms with Crippen LogP contribution in [0, 0.1) is 0 Å². The van der Waals surface area contributed by atoms with Gasteiger partial charge in [0.1, 0.15) is 13.2 Å². The number of benzene rings is 1. The van der Waals surface area contributed by atoms with E-state index in [4.69, 9.17) is 9.47 Å². The van der Waals surface area contributed by atoms with Crippen molar-refractivity contribution < 1.29 is 22.7 Å². The Bertz CT molecular complexity index is 696. The van der Waals surface area contributed by atoms with Gasteiger partial charge in [0, 0.05) is 31.7 Å². The van der Waals surface area contributed by atoms with E-state index >= 15 is 0 Å². The second kappa shape index (κ2) is 6.37. The van der Waals surface area contributed by atoms with Crippen LogP contribution in [0.15, 0.2) is 18.2 Å². The number of nitrogens with zero attached hydrogens (tertiary/aromatic N) is 2. The van der Waals surface area contributed by atoms with E-state index in [0.717, 1.165) is 0 Å². The Morgan fingerprint density at radius 2 is 1.74 bits per heavy atom. The molecule has 23 heavy (non-hydrogen) atoms. The van der Waals surface area contributed by atoms with Gasteiger partial charge in [0.2, 0.25) is 10.0 Å². The second-order valence-electron chi connectivity index (χ2n) is 5.45. The van der Waals surface area contributed by atoms with E-state index in [1.165, 1.54) is 4.31 Å². The predicted molar refractivity (Wildman–Crippen MR) is 84.4 cm³/mol. The average Bonchev–Trinajstić information content (AvgIpc) is 2.60. The number of carbonyl (C=O) groups excluding carboxylic acids is 1. The third-order valence-electron chi connectivity index (χ3n) is 4.07. The highest BCUT2D eigenvalue weighted by atomic mass is 32.2. The van der Waals surface area contributed by atoms with Crippen molar-refractivity contribution in [2.24, 2.45) is 0 Å². The van der Waals surface area contributed by atoms with Gasteiger partial charge in [-0.25, -0.2) is 8.42 Å². The first-order valence-electron chi connectivity index (χ1n) is 7.68. The van der Waals surface area contributed by atoms with E-state index in [9.17, 15) is 13.2 Å². The Morgan fingerprint density at radius 1 is 1.09 bits per heavy atom. The van der Waals surface area contributed by atoms with E-state index < -0.39 is 10.0 Å². The Balaban J connectivity index is 1.68. The molecule has 1 fully saturated rings. The zero-order chi connectivity index (χ0) is 16.4.